The monoisotopic (exact) mass is 144 g/mol. The lowest BCUT2D eigenvalue weighted by molar-refractivity contribution is 0.565. The highest BCUT2D eigenvalue weighted by Gasteiger charge is 1.95. The van der Waals surface area contributed by atoms with Crippen LogP contribution < -0.4 is 0 Å². The molecule has 0 unspecified atom stereocenters. The van der Waals surface area contributed by atoms with Crippen LogP contribution in [0.5, 0.6) is 0 Å². The molecule has 1 aromatic rings. The molecule has 0 N–H and O–H groups in total. The van der Waals surface area contributed by atoms with Crippen LogP contribution in [0.1, 0.15) is 0 Å². The predicted molar refractivity (Wildman–Crippen MR) is 29.9 cm³/mol. The Morgan fingerprint density at radius 2 is 2.67 bits per heavy atom. The van der Waals surface area contributed by atoms with Crippen LogP contribution in [0, 0.1) is 5.95 Å². The first-order chi connectivity index (χ1) is 4.33. The molecule has 0 aliphatic carbocycles. The van der Waals surface area contributed by atoms with Crippen molar-refractivity contribution in [2.75, 3.05) is 0 Å². The van der Waals surface area contributed by atoms with Gasteiger partial charge in [-0.05, 0) is 0 Å². The van der Waals surface area contributed by atoms with Crippen LogP contribution in [0.4, 0.5) is 9.52 Å². The van der Waals surface area contributed by atoms with Gasteiger partial charge in [0.25, 0.3) is 0 Å². The van der Waals surface area contributed by atoms with E-state index in [1.165, 1.54) is 6.08 Å². The van der Waals surface area contributed by atoms with Gasteiger partial charge < -0.3 is 0 Å². The Bertz CT molecular complexity index is 253. The third-order valence-corrected chi connectivity index (χ3v) is 1.31. The number of nitrogens with zero attached hydrogens (tertiary/aromatic N) is 2. The summed E-state index contributed by atoms with van der Waals surface area (Å²) in [7, 11) is 0. The van der Waals surface area contributed by atoms with E-state index in [1.54, 1.807) is 0 Å². The van der Waals surface area contributed by atoms with Gasteiger partial charge in [-0.15, -0.1) is 4.99 Å². The Morgan fingerprint density at radius 1 is 1.89 bits per heavy atom. The fourth-order valence-electron chi connectivity index (χ4n) is 0.336. The van der Waals surface area contributed by atoms with Crippen molar-refractivity contribution in [1.82, 2.24) is 4.98 Å². The molecule has 0 aromatic carbocycles. The summed E-state index contributed by atoms with van der Waals surface area (Å²) in [6, 6.07) is 0. The summed E-state index contributed by atoms with van der Waals surface area (Å²) in [4.78, 5) is 15.8. The molecule has 3 nitrogen and oxygen atoms in total. The fraction of sp³-hybridized carbons (Fsp3) is 0. The normalized spacial score (nSPS) is 8.56. The topological polar surface area (TPSA) is 42.3 Å². The van der Waals surface area contributed by atoms with Crippen molar-refractivity contribution < 1.29 is 9.18 Å². The molecule has 1 heterocycles. The molecule has 0 amide bonds. The summed E-state index contributed by atoms with van der Waals surface area (Å²) in [6.45, 7) is 0. The van der Waals surface area contributed by atoms with Crippen LogP contribution in [-0.2, 0) is 4.79 Å². The highest BCUT2D eigenvalue weighted by Crippen LogP contribution is 2.15. The quantitative estimate of drug-likeness (QED) is 0.439. The number of carbonyl (C=O) groups excluding carboxylic acids is 1. The van der Waals surface area contributed by atoms with Crippen molar-refractivity contribution in [2.24, 2.45) is 4.99 Å². The third-order valence-electron chi connectivity index (χ3n) is 0.605. The van der Waals surface area contributed by atoms with Gasteiger partial charge in [0.15, 0.2) is 0 Å². The molecule has 0 aliphatic heterocycles. The Hall–Kier alpha value is -1.06. The molecule has 0 bridgehead atoms. The number of hydrogen-bond donors (Lipinski definition) is 0. The highest BCUT2D eigenvalue weighted by atomic mass is 32.1. The maximum Gasteiger partial charge on any atom is 0.242 e. The van der Waals surface area contributed by atoms with E-state index in [1.807, 2.05) is 0 Å². The van der Waals surface area contributed by atoms with Crippen LogP contribution in [0.3, 0.4) is 0 Å². The number of halogens is 1. The summed E-state index contributed by atoms with van der Waals surface area (Å²) >= 11 is 0.959. The van der Waals surface area contributed by atoms with E-state index in [0.29, 0.717) is 0 Å². The van der Waals surface area contributed by atoms with Crippen molar-refractivity contribution in [3.05, 3.63) is 11.3 Å². The van der Waals surface area contributed by atoms with Crippen molar-refractivity contribution in [3.63, 3.8) is 0 Å². The lowest BCUT2D eigenvalue weighted by Gasteiger charge is -1.69. The molecule has 1 aromatic heterocycles. The standard InChI is InChI=1S/C4HFN2OS/c5-3-1-9-4(7-3)6-2-8/h1H. The molecular formula is C4HFN2OS. The molecule has 1 rings (SSSR count). The molecular weight excluding hydrogens is 143 g/mol. The Kier molecular flexibility index (Phi) is 1.67. The molecule has 0 saturated heterocycles. The summed E-state index contributed by atoms with van der Waals surface area (Å²) < 4.78 is 12.0. The summed E-state index contributed by atoms with van der Waals surface area (Å²) in [5.41, 5.74) is 0. The smallest absolute Gasteiger partial charge is 0.211 e. The fourth-order valence-corrected chi connectivity index (χ4v) is 0.821. The van der Waals surface area contributed by atoms with E-state index in [2.05, 4.69) is 9.98 Å². The van der Waals surface area contributed by atoms with Gasteiger partial charge in [-0.2, -0.15) is 9.37 Å². The minimum atomic E-state index is -0.617. The SMILES string of the molecule is O=C=Nc1nc(F)cs1. The summed E-state index contributed by atoms with van der Waals surface area (Å²) in [6.07, 6.45) is 1.25. The van der Waals surface area contributed by atoms with Crippen LogP contribution in [0.15, 0.2) is 10.4 Å². The first kappa shape index (κ1) is 6.07. The maximum absolute atomic E-state index is 12.0. The van der Waals surface area contributed by atoms with E-state index in [4.69, 9.17) is 0 Å². The molecule has 0 fully saturated rings. The van der Waals surface area contributed by atoms with Crippen LogP contribution >= 0.6 is 11.3 Å². The van der Waals surface area contributed by atoms with Gasteiger partial charge in [-0.3, -0.25) is 0 Å². The molecule has 0 saturated carbocycles. The average molecular weight is 144 g/mol. The lowest BCUT2D eigenvalue weighted by atomic mass is 10.9. The summed E-state index contributed by atoms with van der Waals surface area (Å²) in [5.74, 6) is -0.617. The van der Waals surface area contributed by atoms with Crippen LogP contribution in [-0.4, -0.2) is 11.1 Å². The lowest BCUT2D eigenvalue weighted by Crippen LogP contribution is -1.65. The second-order valence-electron chi connectivity index (χ2n) is 1.16. The zero-order chi connectivity index (χ0) is 6.69. The molecule has 9 heavy (non-hydrogen) atoms. The first-order valence-corrected chi connectivity index (χ1v) is 2.90. The van der Waals surface area contributed by atoms with E-state index < -0.39 is 5.95 Å². The zero-order valence-electron chi connectivity index (χ0n) is 4.17. The Labute approximate surface area is 53.9 Å². The number of hydrogen-bond acceptors (Lipinski definition) is 4. The third kappa shape index (κ3) is 1.42. The molecule has 0 spiro atoms. The van der Waals surface area contributed by atoms with Crippen molar-refractivity contribution in [3.8, 4) is 0 Å². The number of aromatic nitrogens is 1. The van der Waals surface area contributed by atoms with Gasteiger partial charge in [-0.25, -0.2) is 4.79 Å². The van der Waals surface area contributed by atoms with E-state index in [-0.39, 0.29) is 5.13 Å². The minimum Gasteiger partial charge on any atom is -0.211 e. The van der Waals surface area contributed by atoms with Gasteiger partial charge >= 0.3 is 0 Å². The number of rotatable bonds is 1. The molecule has 0 atom stereocenters. The first-order valence-electron chi connectivity index (χ1n) is 2.02. The Balaban J connectivity index is 2.97. The second kappa shape index (κ2) is 2.48. The van der Waals surface area contributed by atoms with Crippen molar-refractivity contribution in [1.29, 1.82) is 0 Å². The van der Waals surface area contributed by atoms with Gasteiger partial charge in [0.2, 0.25) is 17.2 Å². The second-order valence-corrected chi connectivity index (χ2v) is 1.99. The Morgan fingerprint density at radius 3 is 3.11 bits per heavy atom. The van der Waals surface area contributed by atoms with Crippen LogP contribution in [0.25, 0.3) is 0 Å². The van der Waals surface area contributed by atoms with E-state index in [9.17, 15) is 9.18 Å². The van der Waals surface area contributed by atoms with Gasteiger partial charge in [0, 0.05) is 5.38 Å². The highest BCUT2D eigenvalue weighted by molar-refractivity contribution is 7.13. The van der Waals surface area contributed by atoms with Gasteiger partial charge in [0.05, 0.1) is 0 Å². The molecule has 0 aliphatic rings. The number of isocyanates is 1. The number of thiazole rings is 1. The maximum atomic E-state index is 12.0. The zero-order valence-corrected chi connectivity index (χ0v) is 4.98. The predicted octanol–water partition coefficient (Wildman–Crippen LogP) is 1.25. The van der Waals surface area contributed by atoms with Gasteiger partial charge in [0.1, 0.15) is 0 Å². The van der Waals surface area contributed by atoms with E-state index in [0.717, 1.165) is 16.7 Å². The van der Waals surface area contributed by atoms with Crippen molar-refractivity contribution >= 4 is 22.5 Å². The number of aliphatic imine (C=N–C) groups is 1. The van der Waals surface area contributed by atoms with Crippen LogP contribution in [0.2, 0.25) is 0 Å². The minimum absolute atomic E-state index is 0.0995. The summed E-state index contributed by atoms with van der Waals surface area (Å²) in [5, 5.41) is 1.26. The molecule has 5 heteroatoms. The van der Waals surface area contributed by atoms with E-state index >= 15 is 0 Å². The van der Waals surface area contributed by atoms with Gasteiger partial charge in [-0.1, -0.05) is 11.3 Å². The largest absolute Gasteiger partial charge is 0.242 e. The molecule has 0 radical (unpaired) electrons. The molecule has 46 valence electrons. The average Bonchev–Trinajstić information content (AvgIpc) is 2.17. The van der Waals surface area contributed by atoms with Crippen molar-refractivity contribution in [2.45, 2.75) is 0 Å².